The van der Waals surface area contributed by atoms with Crippen molar-refractivity contribution in [2.24, 2.45) is 0 Å². The minimum atomic E-state index is -0.419. The average Bonchev–Trinajstić information content (AvgIpc) is 3.10. The molecular formula is C18H22FN3O3. The van der Waals surface area contributed by atoms with Gasteiger partial charge in [0.05, 0.1) is 11.7 Å². The molecule has 0 aliphatic carbocycles. The van der Waals surface area contributed by atoms with Gasteiger partial charge in [-0.1, -0.05) is 17.3 Å². The number of nitrogens with one attached hydrogen (secondary N) is 1. The number of aliphatic hydroxyl groups is 1. The first-order valence-electron chi connectivity index (χ1n) is 8.54. The number of carbonyl (C=O) groups excluding carboxylic acids is 1. The minimum Gasteiger partial charge on any atom is -0.393 e. The predicted octanol–water partition coefficient (Wildman–Crippen LogP) is 2.06. The summed E-state index contributed by atoms with van der Waals surface area (Å²) in [5.74, 6) is -0.521. The third kappa shape index (κ3) is 4.64. The molecule has 2 heterocycles. The highest BCUT2D eigenvalue weighted by atomic mass is 19.1. The molecule has 0 radical (unpaired) electrons. The molecule has 1 aromatic carbocycles. The van der Waals surface area contributed by atoms with Gasteiger partial charge in [-0.2, -0.15) is 0 Å². The molecule has 1 fully saturated rings. The van der Waals surface area contributed by atoms with Crippen LogP contribution in [0.4, 0.5) is 4.39 Å². The van der Waals surface area contributed by atoms with E-state index in [0.717, 1.165) is 38.9 Å². The molecule has 1 aromatic heterocycles. The van der Waals surface area contributed by atoms with Gasteiger partial charge in [-0.05, 0) is 37.9 Å². The molecule has 2 N–H and O–H groups in total. The van der Waals surface area contributed by atoms with Gasteiger partial charge in [0.2, 0.25) is 0 Å². The number of hydrogen-bond acceptors (Lipinski definition) is 5. The number of hydrogen-bond donors (Lipinski definition) is 2. The van der Waals surface area contributed by atoms with E-state index >= 15 is 0 Å². The molecule has 25 heavy (non-hydrogen) atoms. The molecule has 6 nitrogen and oxygen atoms in total. The Balaban J connectivity index is 1.45. The smallest absolute Gasteiger partial charge is 0.273 e. The molecule has 3 rings (SSSR count). The quantitative estimate of drug-likeness (QED) is 0.782. The molecular weight excluding hydrogens is 325 g/mol. The number of rotatable bonds is 6. The third-order valence-corrected chi connectivity index (χ3v) is 4.38. The van der Waals surface area contributed by atoms with Crippen LogP contribution >= 0.6 is 0 Å². The van der Waals surface area contributed by atoms with Crippen molar-refractivity contribution >= 4 is 5.91 Å². The Morgan fingerprint density at radius 2 is 2.12 bits per heavy atom. The van der Waals surface area contributed by atoms with E-state index in [1.807, 2.05) is 0 Å². The molecule has 0 atom stereocenters. The Morgan fingerprint density at radius 1 is 1.36 bits per heavy atom. The lowest BCUT2D eigenvalue weighted by molar-refractivity contribution is 0.0816. The number of piperidine rings is 1. The van der Waals surface area contributed by atoms with Crippen molar-refractivity contribution in [3.05, 3.63) is 41.8 Å². The van der Waals surface area contributed by atoms with Crippen LogP contribution in [0.1, 0.15) is 29.8 Å². The summed E-state index contributed by atoms with van der Waals surface area (Å²) < 4.78 is 18.8. The molecule has 1 saturated heterocycles. The van der Waals surface area contributed by atoms with Crippen LogP contribution in [0.15, 0.2) is 34.9 Å². The van der Waals surface area contributed by atoms with E-state index in [9.17, 15) is 14.3 Å². The fraction of sp³-hybridized carbons (Fsp3) is 0.444. The van der Waals surface area contributed by atoms with Crippen LogP contribution in [0.25, 0.3) is 11.3 Å². The molecule has 0 bridgehead atoms. The van der Waals surface area contributed by atoms with Gasteiger partial charge in [-0.3, -0.25) is 4.79 Å². The van der Waals surface area contributed by atoms with Crippen molar-refractivity contribution < 1.29 is 18.8 Å². The largest absolute Gasteiger partial charge is 0.393 e. The first-order chi connectivity index (χ1) is 12.1. The second kappa shape index (κ2) is 8.22. The molecule has 2 aromatic rings. The Labute approximate surface area is 145 Å². The number of benzene rings is 1. The Hall–Kier alpha value is -2.25. The third-order valence-electron chi connectivity index (χ3n) is 4.38. The van der Waals surface area contributed by atoms with Gasteiger partial charge in [0.1, 0.15) is 5.82 Å². The van der Waals surface area contributed by atoms with E-state index < -0.39 is 5.82 Å². The lowest BCUT2D eigenvalue weighted by atomic mass is 10.1. The zero-order valence-corrected chi connectivity index (χ0v) is 13.9. The predicted molar refractivity (Wildman–Crippen MR) is 90.5 cm³/mol. The van der Waals surface area contributed by atoms with Gasteiger partial charge in [0, 0.05) is 25.7 Å². The van der Waals surface area contributed by atoms with E-state index in [1.165, 1.54) is 12.1 Å². The maximum Gasteiger partial charge on any atom is 0.273 e. The molecule has 1 aliphatic rings. The normalized spacial score (nSPS) is 16.1. The van der Waals surface area contributed by atoms with Crippen molar-refractivity contribution in [1.82, 2.24) is 15.4 Å². The Kier molecular flexibility index (Phi) is 5.78. The van der Waals surface area contributed by atoms with E-state index in [4.69, 9.17) is 4.52 Å². The van der Waals surface area contributed by atoms with Crippen molar-refractivity contribution in [3.63, 3.8) is 0 Å². The molecule has 0 saturated carbocycles. The molecule has 7 heteroatoms. The molecule has 134 valence electrons. The summed E-state index contributed by atoms with van der Waals surface area (Å²) in [4.78, 5) is 14.4. The van der Waals surface area contributed by atoms with Gasteiger partial charge < -0.3 is 19.8 Å². The lowest BCUT2D eigenvalue weighted by Crippen LogP contribution is -2.37. The fourth-order valence-electron chi connectivity index (χ4n) is 2.91. The monoisotopic (exact) mass is 347 g/mol. The van der Waals surface area contributed by atoms with Crippen molar-refractivity contribution in [2.75, 3.05) is 26.2 Å². The van der Waals surface area contributed by atoms with Crippen molar-refractivity contribution in [1.29, 1.82) is 0 Å². The molecule has 1 aliphatic heterocycles. The van der Waals surface area contributed by atoms with Gasteiger partial charge in [-0.15, -0.1) is 0 Å². The minimum absolute atomic E-state index is 0.138. The van der Waals surface area contributed by atoms with Crippen LogP contribution in [-0.4, -0.2) is 53.4 Å². The van der Waals surface area contributed by atoms with Crippen LogP contribution < -0.4 is 5.32 Å². The molecule has 0 unspecified atom stereocenters. The number of halogens is 1. The van der Waals surface area contributed by atoms with E-state index in [2.05, 4.69) is 15.4 Å². The van der Waals surface area contributed by atoms with Gasteiger partial charge in [-0.25, -0.2) is 4.39 Å². The van der Waals surface area contributed by atoms with Gasteiger partial charge in [0.15, 0.2) is 11.5 Å². The number of aliphatic hydroxyl groups excluding tert-OH is 1. The second-order valence-electron chi connectivity index (χ2n) is 6.24. The topological polar surface area (TPSA) is 78.6 Å². The first kappa shape index (κ1) is 17.6. The van der Waals surface area contributed by atoms with Crippen LogP contribution in [0.5, 0.6) is 0 Å². The summed E-state index contributed by atoms with van der Waals surface area (Å²) in [6.45, 7) is 3.20. The van der Waals surface area contributed by atoms with E-state index in [0.29, 0.717) is 6.54 Å². The van der Waals surface area contributed by atoms with E-state index in [-0.39, 0.29) is 29.0 Å². The number of amides is 1. The molecule has 0 spiro atoms. The van der Waals surface area contributed by atoms with Crippen LogP contribution in [0.2, 0.25) is 0 Å². The lowest BCUT2D eigenvalue weighted by Gasteiger charge is -2.29. The second-order valence-corrected chi connectivity index (χ2v) is 6.24. The highest BCUT2D eigenvalue weighted by Gasteiger charge is 2.17. The zero-order valence-electron chi connectivity index (χ0n) is 13.9. The first-order valence-corrected chi connectivity index (χ1v) is 8.54. The fourth-order valence-corrected chi connectivity index (χ4v) is 2.91. The number of aromatic nitrogens is 1. The van der Waals surface area contributed by atoms with E-state index in [1.54, 1.807) is 18.2 Å². The average molecular weight is 347 g/mol. The summed E-state index contributed by atoms with van der Waals surface area (Å²) in [6.07, 6.45) is 2.26. The van der Waals surface area contributed by atoms with Crippen molar-refractivity contribution in [2.45, 2.75) is 25.4 Å². The summed E-state index contributed by atoms with van der Waals surface area (Å²) in [5, 5.41) is 16.0. The van der Waals surface area contributed by atoms with Crippen molar-refractivity contribution in [3.8, 4) is 11.3 Å². The molecule has 1 amide bonds. The zero-order chi connectivity index (χ0) is 17.6. The SMILES string of the molecule is O=C(NCCCN1CCC(O)CC1)c1cc(-c2ccccc2F)on1. The summed E-state index contributed by atoms with van der Waals surface area (Å²) in [7, 11) is 0. The highest BCUT2D eigenvalue weighted by molar-refractivity contribution is 5.93. The van der Waals surface area contributed by atoms with Crippen LogP contribution in [0.3, 0.4) is 0 Å². The standard InChI is InChI=1S/C18H22FN3O3/c19-15-5-2-1-4-14(15)17-12-16(21-25-17)18(24)20-8-3-9-22-10-6-13(23)7-11-22/h1-2,4-5,12-13,23H,3,6-11H2,(H,20,24). The maximum absolute atomic E-state index is 13.7. The van der Waals surface area contributed by atoms with Gasteiger partial charge >= 0.3 is 0 Å². The maximum atomic E-state index is 13.7. The summed E-state index contributed by atoms with van der Waals surface area (Å²) in [6, 6.07) is 7.64. The number of nitrogens with zero attached hydrogens (tertiary/aromatic N) is 2. The number of carbonyl (C=O) groups is 1. The summed E-state index contributed by atoms with van der Waals surface area (Å²) in [5.41, 5.74) is 0.417. The van der Waals surface area contributed by atoms with Gasteiger partial charge in [0.25, 0.3) is 5.91 Å². The Morgan fingerprint density at radius 3 is 2.88 bits per heavy atom. The van der Waals surface area contributed by atoms with Crippen LogP contribution in [0, 0.1) is 5.82 Å². The number of likely N-dealkylation sites (tertiary alicyclic amines) is 1. The summed E-state index contributed by atoms with van der Waals surface area (Å²) >= 11 is 0. The van der Waals surface area contributed by atoms with Crippen LogP contribution in [-0.2, 0) is 0 Å². The highest BCUT2D eigenvalue weighted by Crippen LogP contribution is 2.23. The Bertz CT molecular complexity index is 711.